The minimum absolute atomic E-state index is 0.0321. The molecule has 2 rings (SSSR count). The highest BCUT2D eigenvalue weighted by Gasteiger charge is 2.20. The van der Waals surface area contributed by atoms with Crippen LogP contribution < -0.4 is 10.6 Å². The standard InChI is InChI=1S/C16H22N2O3/c1-11(2)13-7-3-4-8-14(13)18-16(20)15(19)17-10-12-6-5-9-21-12/h3-4,7-8,11-12H,5-6,9-10H2,1-2H3,(H,17,19)(H,18,20). The molecule has 1 saturated heterocycles. The van der Waals surface area contributed by atoms with Gasteiger partial charge in [-0.15, -0.1) is 0 Å². The van der Waals surface area contributed by atoms with Crippen LogP contribution in [0.3, 0.4) is 0 Å². The summed E-state index contributed by atoms with van der Waals surface area (Å²) in [5, 5.41) is 5.29. The Morgan fingerprint density at radius 3 is 2.71 bits per heavy atom. The normalized spacial score (nSPS) is 17.8. The highest BCUT2D eigenvalue weighted by Crippen LogP contribution is 2.23. The van der Waals surface area contributed by atoms with E-state index in [2.05, 4.69) is 10.6 Å². The predicted octanol–water partition coefficient (Wildman–Crippen LogP) is 2.04. The quantitative estimate of drug-likeness (QED) is 0.834. The zero-order chi connectivity index (χ0) is 15.2. The summed E-state index contributed by atoms with van der Waals surface area (Å²) in [5.41, 5.74) is 1.70. The van der Waals surface area contributed by atoms with Gasteiger partial charge < -0.3 is 15.4 Å². The van der Waals surface area contributed by atoms with Crippen LogP contribution in [0.25, 0.3) is 0 Å². The molecule has 1 heterocycles. The van der Waals surface area contributed by atoms with Gasteiger partial charge in [0.25, 0.3) is 0 Å². The molecule has 1 aromatic rings. The lowest BCUT2D eigenvalue weighted by atomic mass is 10.0. The maximum absolute atomic E-state index is 11.9. The van der Waals surface area contributed by atoms with Gasteiger partial charge in [0, 0.05) is 18.8 Å². The molecule has 1 fully saturated rings. The highest BCUT2D eigenvalue weighted by molar-refractivity contribution is 6.39. The molecule has 2 amide bonds. The number of carbonyl (C=O) groups is 2. The Labute approximate surface area is 125 Å². The van der Waals surface area contributed by atoms with E-state index < -0.39 is 11.8 Å². The van der Waals surface area contributed by atoms with Crippen LogP contribution in [0.4, 0.5) is 5.69 Å². The molecular weight excluding hydrogens is 268 g/mol. The molecule has 1 atom stereocenters. The number of carbonyl (C=O) groups excluding carboxylic acids is 2. The van der Waals surface area contributed by atoms with Crippen LogP contribution in [0.1, 0.15) is 38.2 Å². The van der Waals surface area contributed by atoms with Crippen LogP contribution in [-0.4, -0.2) is 31.1 Å². The zero-order valence-corrected chi connectivity index (χ0v) is 12.5. The molecule has 5 heteroatoms. The first-order valence-electron chi connectivity index (χ1n) is 7.37. The molecule has 0 aliphatic carbocycles. The van der Waals surface area contributed by atoms with Crippen molar-refractivity contribution in [2.45, 2.75) is 38.7 Å². The van der Waals surface area contributed by atoms with Crippen molar-refractivity contribution in [3.63, 3.8) is 0 Å². The number of amides is 2. The molecule has 5 nitrogen and oxygen atoms in total. The molecule has 0 spiro atoms. The van der Waals surface area contributed by atoms with E-state index in [-0.39, 0.29) is 12.0 Å². The van der Waals surface area contributed by atoms with Crippen LogP contribution in [0, 0.1) is 0 Å². The van der Waals surface area contributed by atoms with E-state index in [9.17, 15) is 9.59 Å². The van der Waals surface area contributed by atoms with Crippen molar-refractivity contribution in [3.8, 4) is 0 Å². The summed E-state index contributed by atoms with van der Waals surface area (Å²) in [6.07, 6.45) is 1.97. The van der Waals surface area contributed by atoms with Crippen molar-refractivity contribution in [1.29, 1.82) is 0 Å². The van der Waals surface area contributed by atoms with Gasteiger partial charge in [0.1, 0.15) is 0 Å². The summed E-state index contributed by atoms with van der Waals surface area (Å²) in [7, 11) is 0. The lowest BCUT2D eigenvalue weighted by Gasteiger charge is -2.14. The van der Waals surface area contributed by atoms with Crippen molar-refractivity contribution in [1.82, 2.24) is 5.32 Å². The van der Waals surface area contributed by atoms with E-state index in [1.165, 1.54) is 0 Å². The SMILES string of the molecule is CC(C)c1ccccc1NC(=O)C(=O)NCC1CCCO1. The fourth-order valence-electron chi connectivity index (χ4n) is 2.39. The van der Waals surface area contributed by atoms with Crippen molar-refractivity contribution in [3.05, 3.63) is 29.8 Å². The molecule has 0 bridgehead atoms. The van der Waals surface area contributed by atoms with Gasteiger partial charge in [-0.05, 0) is 30.4 Å². The minimum atomic E-state index is -0.638. The Balaban J connectivity index is 1.89. The highest BCUT2D eigenvalue weighted by atomic mass is 16.5. The fourth-order valence-corrected chi connectivity index (χ4v) is 2.39. The van der Waals surface area contributed by atoms with Crippen LogP contribution >= 0.6 is 0 Å². The molecule has 0 saturated carbocycles. The van der Waals surface area contributed by atoms with Crippen LogP contribution in [0.15, 0.2) is 24.3 Å². The Morgan fingerprint density at radius 1 is 1.29 bits per heavy atom. The van der Waals surface area contributed by atoms with Gasteiger partial charge in [0.2, 0.25) is 0 Å². The van der Waals surface area contributed by atoms with Crippen molar-refractivity contribution in [2.24, 2.45) is 0 Å². The topological polar surface area (TPSA) is 67.4 Å². The average molecular weight is 290 g/mol. The molecule has 1 unspecified atom stereocenters. The lowest BCUT2D eigenvalue weighted by molar-refractivity contribution is -0.136. The number of hydrogen-bond acceptors (Lipinski definition) is 3. The fraction of sp³-hybridized carbons (Fsp3) is 0.500. The second-order valence-electron chi connectivity index (χ2n) is 5.54. The smallest absolute Gasteiger partial charge is 0.313 e. The number of rotatable bonds is 4. The molecule has 1 aromatic carbocycles. The average Bonchev–Trinajstić information content (AvgIpc) is 2.98. The summed E-state index contributed by atoms with van der Waals surface area (Å²) < 4.78 is 5.41. The second-order valence-corrected chi connectivity index (χ2v) is 5.54. The van der Waals surface area contributed by atoms with Gasteiger partial charge in [-0.25, -0.2) is 0 Å². The number of anilines is 1. The largest absolute Gasteiger partial charge is 0.376 e. The first-order chi connectivity index (χ1) is 10.1. The van der Waals surface area contributed by atoms with E-state index in [0.717, 1.165) is 25.0 Å². The number of nitrogens with one attached hydrogen (secondary N) is 2. The molecule has 1 aliphatic heterocycles. The summed E-state index contributed by atoms with van der Waals surface area (Å²) >= 11 is 0. The third kappa shape index (κ3) is 4.29. The first-order valence-corrected chi connectivity index (χ1v) is 7.37. The Hall–Kier alpha value is -1.88. The van der Waals surface area contributed by atoms with Gasteiger partial charge in [0.05, 0.1) is 6.10 Å². The molecule has 1 aliphatic rings. The van der Waals surface area contributed by atoms with E-state index in [4.69, 9.17) is 4.74 Å². The Morgan fingerprint density at radius 2 is 2.05 bits per heavy atom. The summed E-state index contributed by atoms with van der Waals surface area (Å²) in [5.74, 6) is -0.985. The van der Waals surface area contributed by atoms with E-state index >= 15 is 0 Å². The monoisotopic (exact) mass is 290 g/mol. The Kier molecular flexibility index (Phi) is 5.33. The maximum atomic E-state index is 11.9. The van der Waals surface area contributed by atoms with Crippen molar-refractivity contribution < 1.29 is 14.3 Å². The maximum Gasteiger partial charge on any atom is 0.313 e. The van der Waals surface area contributed by atoms with Gasteiger partial charge in [-0.2, -0.15) is 0 Å². The van der Waals surface area contributed by atoms with Gasteiger partial charge in [-0.1, -0.05) is 32.0 Å². The van der Waals surface area contributed by atoms with Gasteiger partial charge >= 0.3 is 11.8 Å². The molecule has 21 heavy (non-hydrogen) atoms. The summed E-state index contributed by atoms with van der Waals surface area (Å²) in [6, 6.07) is 7.51. The minimum Gasteiger partial charge on any atom is -0.376 e. The van der Waals surface area contributed by atoms with Crippen molar-refractivity contribution >= 4 is 17.5 Å². The van der Waals surface area contributed by atoms with Crippen molar-refractivity contribution in [2.75, 3.05) is 18.5 Å². The second kappa shape index (κ2) is 7.22. The van der Waals surface area contributed by atoms with Crippen LogP contribution in [-0.2, 0) is 14.3 Å². The van der Waals surface area contributed by atoms with E-state index in [1.54, 1.807) is 6.07 Å². The predicted molar refractivity (Wildman–Crippen MR) is 81.1 cm³/mol. The molecule has 0 radical (unpaired) electrons. The van der Waals surface area contributed by atoms with Crippen LogP contribution in [0.5, 0.6) is 0 Å². The molecule has 0 aromatic heterocycles. The lowest BCUT2D eigenvalue weighted by Crippen LogP contribution is -2.39. The number of para-hydroxylation sites is 1. The number of benzene rings is 1. The van der Waals surface area contributed by atoms with E-state index in [1.807, 2.05) is 32.0 Å². The van der Waals surface area contributed by atoms with Gasteiger partial charge in [0.15, 0.2) is 0 Å². The number of hydrogen-bond donors (Lipinski definition) is 2. The number of ether oxygens (including phenoxy) is 1. The van der Waals surface area contributed by atoms with E-state index in [0.29, 0.717) is 12.2 Å². The van der Waals surface area contributed by atoms with Gasteiger partial charge in [-0.3, -0.25) is 9.59 Å². The molecule has 114 valence electrons. The summed E-state index contributed by atoms with van der Waals surface area (Å²) in [4.78, 5) is 23.7. The third-order valence-electron chi connectivity index (χ3n) is 3.55. The molecular formula is C16H22N2O3. The first kappa shape index (κ1) is 15.5. The third-order valence-corrected chi connectivity index (χ3v) is 3.55. The molecule has 2 N–H and O–H groups in total. The Bertz CT molecular complexity index is 508. The summed E-state index contributed by atoms with van der Waals surface area (Å²) in [6.45, 7) is 5.21. The zero-order valence-electron chi connectivity index (χ0n) is 12.5. The van der Waals surface area contributed by atoms with Crippen LogP contribution in [0.2, 0.25) is 0 Å².